The summed E-state index contributed by atoms with van der Waals surface area (Å²) in [6.45, 7) is 7.99. The fourth-order valence-corrected chi connectivity index (χ4v) is 5.38. The highest BCUT2D eigenvalue weighted by Crippen LogP contribution is 2.54. The number of para-hydroxylation sites is 1. The molecular weight excluding hydrogens is 378 g/mol. The number of carbonyl (C=O) groups excluding carboxylic acids is 3. The second-order valence-electron chi connectivity index (χ2n) is 9.01. The molecule has 2 aromatic rings. The summed E-state index contributed by atoms with van der Waals surface area (Å²) in [5.74, 6) is -2.08. The fraction of sp³-hybridized carbons (Fsp3) is 0.375. The molecule has 0 aromatic heterocycles. The summed E-state index contributed by atoms with van der Waals surface area (Å²) in [6, 6.07) is 12.8. The van der Waals surface area contributed by atoms with Gasteiger partial charge in [0, 0.05) is 17.3 Å². The summed E-state index contributed by atoms with van der Waals surface area (Å²) >= 11 is 0. The lowest BCUT2D eigenvalue weighted by molar-refractivity contribution is -0.130. The maximum Gasteiger partial charge on any atom is 0.250 e. The molecule has 3 aliphatic rings. The van der Waals surface area contributed by atoms with Crippen LogP contribution in [-0.2, 0) is 19.9 Å². The van der Waals surface area contributed by atoms with E-state index >= 15 is 0 Å². The number of hydrogen-bond donors (Lipinski definition) is 2. The van der Waals surface area contributed by atoms with Gasteiger partial charge in [-0.25, -0.2) is 4.90 Å². The first kappa shape index (κ1) is 19.0. The van der Waals surface area contributed by atoms with E-state index in [1.165, 1.54) is 4.90 Å². The average molecular weight is 403 g/mol. The second-order valence-corrected chi connectivity index (χ2v) is 9.01. The van der Waals surface area contributed by atoms with E-state index in [0.717, 1.165) is 16.7 Å². The lowest BCUT2D eigenvalue weighted by Crippen LogP contribution is -2.54. The molecule has 6 nitrogen and oxygen atoms in total. The molecule has 3 heterocycles. The van der Waals surface area contributed by atoms with Gasteiger partial charge in [-0.1, -0.05) is 38.1 Å². The summed E-state index contributed by atoms with van der Waals surface area (Å²) in [5.41, 5.74) is 2.91. The Morgan fingerprint density at radius 1 is 0.967 bits per heavy atom. The number of nitrogens with one attached hydrogen (secondary N) is 2. The van der Waals surface area contributed by atoms with Gasteiger partial charge in [-0.15, -0.1) is 0 Å². The summed E-state index contributed by atoms with van der Waals surface area (Å²) in [4.78, 5) is 42.0. The lowest BCUT2D eigenvalue weighted by atomic mass is 9.76. The van der Waals surface area contributed by atoms with Crippen molar-refractivity contribution in [2.75, 3.05) is 10.2 Å². The molecule has 0 aliphatic carbocycles. The first-order chi connectivity index (χ1) is 14.3. The molecule has 2 fully saturated rings. The molecule has 0 saturated carbocycles. The average Bonchev–Trinajstić information content (AvgIpc) is 3.30. The minimum atomic E-state index is -1.22. The van der Waals surface area contributed by atoms with Crippen LogP contribution in [0.5, 0.6) is 0 Å². The minimum absolute atomic E-state index is 0.0777. The number of benzene rings is 2. The lowest BCUT2D eigenvalue weighted by Gasteiger charge is -2.30. The van der Waals surface area contributed by atoms with Crippen LogP contribution in [0.4, 0.5) is 11.4 Å². The second kappa shape index (κ2) is 6.25. The van der Waals surface area contributed by atoms with Crippen molar-refractivity contribution in [3.8, 4) is 0 Å². The molecule has 1 spiro atoms. The molecule has 0 unspecified atom stereocenters. The molecule has 3 amide bonds. The van der Waals surface area contributed by atoms with Crippen LogP contribution >= 0.6 is 0 Å². The molecule has 5 rings (SSSR count). The SMILES string of the molecule is Cc1ccc(N2C(=O)[C@H]3[C@@H](C2=O)[C@]2(N[C@H]3C(C)C)C(=O)Nc3ccccc32)cc1C. The number of anilines is 2. The monoisotopic (exact) mass is 403 g/mol. The van der Waals surface area contributed by atoms with Gasteiger partial charge in [0.05, 0.1) is 17.5 Å². The van der Waals surface area contributed by atoms with Crippen LogP contribution in [0.2, 0.25) is 0 Å². The Bertz CT molecular complexity index is 1110. The van der Waals surface area contributed by atoms with E-state index in [4.69, 9.17) is 0 Å². The number of amides is 3. The number of imide groups is 1. The Kier molecular flexibility index (Phi) is 3.96. The number of hydrogen-bond acceptors (Lipinski definition) is 4. The van der Waals surface area contributed by atoms with E-state index in [0.29, 0.717) is 11.4 Å². The van der Waals surface area contributed by atoms with E-state index in [1.807, 2.05) is 70.2 Å². The van der Waals surface area contributed by atoms with Crippen LogP contribution in [0.25, 0.3) is 0 Å². The predicted octanol–water partition coefficient (Wildman–Crippen LogP) is 2.88. The van der Waals surface area contributed by atoms with Gasteiger partial charge < -0.3 is 5.32 Å². The summed E-state index contributed by atoms with van der Waals surface area (Å²) in [7, 11) is 0. The fourth-order valence-electron chi connectivity index (χ4n) is 5.38. The van der Waals surface area contributed by atoms with E-state index in [9.17, 15) is 14.4 Å². The maximum absolute atomic E-state index is 13.8. The van der Waals surface area contributed by atoms with Gasteiger partial charge in [-0.3, -0.25) is 19.7 Å². The standard InChI is InChI=1S/C24H25N3O3/c1-12(2)20-18-19(24(26-20)16-7-5-6-8-17(16)25-23(24)30)22(29)27(21(18)28)15-10-9-13(3)14(4)11-15/h5-12,18-20,26H,1-4H3,(H,25,30)/t18-,19-,20-,24-/m0/s1. The topological polar surface area (TPSA) is 78.5 Å². The number of aryl methyl sites for hydroxylation is 2. The molecule has 2 saturated heterocycles. The summed E-state index contributed by atoms with van der Waals surface area (Å²) < 4.78 is 0. The highest BCUT2D eigenvalue weighted by atomic mass is 16.2. The van der Waals surface area contributed by atoms with Gasteiger partial charge in [0.2, 0.25) is 17.7 Å². The predicted molar refractivity (Wildman–Crippen MR) is 114 cm³/mol. The Labute approximate surface area is 175 Å². The van der Waals surface area contributed by atoms with Crippen molar-refractivity contribution in [1.29, 1.82) is 0 Å². The normalized spacial score (nSPS) is 29.7. The zero-order valence-electron chi connectivity index (χ0n) is 17.5. The Hall–Kier alpha value is -2.99. The van der Waals surface area contributed by atoms with Gasteiger partial charge in [0.15, 0.2) is 0 Å². The van der Waals surface area contributed by atoms with Crippen molar-refractivity contribution in [3.63, 3.8) is 0 Å². The largest absolute Gasteiger partial charge is 0.324 e. The van der Waals surface area contributed by atoms with Gasteiger partial charge in [0.25, 0.3) is 0 Å². The first-order valence-electron chi connectivity index (χ1n) is 10.4. The highest BCUT2D eigenvalue weighted by molar-refractivity contribution is 6.25. The zero-order valence-corrected chi connectivity index (χ0v) is 17.5. The van der Waals surface area contributed by atoms with Crippen LogP contribution in [0.1, 0.15) is 30.5 Å². The van der Waals surface area contributed by atoms with Crippen molar-refractivity contribution < 1.29 is 14.4 Å². The van der Waals surface area contributed by atoms with Crippen molar-refractivity contribution in [3.05, 3.63) is 59.2 Å². The zero-order chi connectivity index (χ0) is 21.4. The Morgan fingerprint density at radius 2 is 1.70 bits per heavy atom. The molecule has 6 heteroatoms. The van der Waals surface area contributed by atoms with Crippen LogP contribution in [0.15, 0.2) is 42.5 Å². The Morgan fingerprint density at radius 3 is 2.40 bits per heavy atom. The van der Waals surface area contributed by atoms with E-state index in [-0.39, 0.29) is 29.7 Å². The van der Waals surface area contributed by atoms with Gasteiger partial charge >= 0.3 is 0 Å². The first-order valence-corrected chi connectivity index (χ1v) is 10.4. The third-order valence-electron chi connectivity index (χ3n) is 7.02. The molecule has 154 valence electrons. The van der Waals surface area contributed by atoms with Crippen molar-refractivity contribution in [2.24, 2.45) is 17.8 Å². The third kappa shape index (κ3) is 2.25. The molecular formula is C24H25N3O3. The van der Waals surface area contributed by atoms with Gasteiger partial charge in [0.1, 0.15) is 5.54 Å². The van der Waals surface area contributed by atoms with Gasteiger partial charge in [-0.05, 0) is 49.1 Å². The quantitative estimate of drug-likeness (QED) is 0.756. The van der Waals surface area contributed by atoms with Gasteiger partial charge in [-0.2, -0.15) is 0 Å². The molecule has 2 N–H and O–H groups in total. The molecule has 2 aromatic carbocycles. The number of rotatable bonds is 2. The van der Waals surface area contributed by atoms with E-state index in [1.54, 1.807) is 0 Å². The van der Waals surface area contributed by atoms with Crippen LogP contribution < -0.4 is 15.5 Å². The van der Waals surface area contributed by atoms with Crippen LogP contribution in [-0.4, -0.2) is 23.8 Å². The van der Waals surface area contributed by atoms with Crippen LogP contribution in [0.3, 0.4) is 0 Å². The van der Waals surface area contributed by atoms with Crippen molar-refractivity contribution in [2.45, 2.75) is 39.3 Å². The summed E-state index contributed by atoms with van der Waals surface area (Å²) in [6.07, 6.45) is 0. The molecule has 30 heavy (non-hydrogen) atoms. The molecule has 0 radical (unpaired) electrons. The van der Waals surface area contributed by atoms with Crippen LogP contribution in [0, 0.1) is 31.6 Å². The maximum atomic E-state index is 13.8. The Balaban J connectivity index is 1.68. The number of nitrogens with zero attached hydrogens (tertiary/aromatic N) is 1. The smallest absolute Gasteiger partial charge is 0.250 e. The minimum Gasteiger partial charge on any atom is -0.324 e. The molecule has 4 atom stereocenters. The van der Waals surface area contributed by atoms with E-state index < -0.39 is 17.4 Å². The van der Waals surface area contributed by atoms with Crippen molar-refractivity contribution in [1.82, 2.24) is 5.32 Å². The third-order valence-corrected chi connectivity index (χ3v) is 7.02. The number of fused-ring (bicyclic) bond motifs is 4. The van der Waals surface area contributed by atoms with E-state index in [2.05, 4.69) is 10.6 Å². The van der Waals surface area contributed by atoms with Crippen molar-refractivity contribution >= 4 is 29.1 Å². The summed E-state index contributed by atoms with van der Waals surface area (Å²) in [5, 5.41) is 6.37. The highest BCUT2D eigenvalue weighted by Gasteiger charge is 2.70. The molecule has 0 bridgehead atoms. The number of carbonyl (C=O) groups is 3. The molecule has 3 aliphatic heterocycles.